The average molecular weight is 379 g/mol. The van der Waals surface area contributed by atoms with Crippen molar-refractivity contribution in [1.82, 2.24) is 10.2 Å². The Bertz CT molecular complexity index is 838. The largest absolute Gasteiger partial charge is 0.337 e. The highest BCUT2D eigenvalue weighted by atomic mass is 35.5. The molecule has 0 unspecified atom stereocenters. The molecular weight excluding hydrogens is 367 g/mol. The Morgan fingerprint density at radius 1 is 1.08 bits per heavy atom. The molecule has 24 heavy (non-hydrogen) atoms. The Balaban J connectivity index is 1.62. The molecule has 2 N–H and O–H groups in total. The second kappa shape index (κ2) is 7.61. The van der Waals surface area contributed by atoms with E-state index in [2.05, 4.69) is 20.8 Å². The minimum Gasteiger partial charge on any atom is -0.337 e. The summed E-state index contributed by atoms with van der Waals surface area (Å²) in [5.41, 5.74) is 0.632. The van der Waals surface area contributed by atoms with E-state index >= 15 is 0 Å². The topological polar surface area (TPSA) is 66.9 Å². The van der Waals surface area contributed by atoms with Crippen molar-refractivity contribution >= 4 is 57.8 Å². The van der Waals surface area contributed by atoms with Crippen LogP contribution in [0.3, 0.4) is 0 Å². The zero-order valence-corrected chi connectivity index (χ0v) is 14.6. The summed E-state index contributed by atoms with van der Waals surface area (Å²) in [6.45, 7) is 0. The molecular formula is C16H12Cl2N4OS. The zero-order valence-electron chi connectivity index (χ0n) is 12.3. The molecule has 0 saturated heterocycles. The molecule has 0 aliphatic heterocycles. The molecule has 0 saturated carbocycles. The number of amides is 1. The van der Waals surface area contributed by atoms with Crippen LogP contribution in [-0.4, -0.2) is 16.1 Å². The quantitative estimate of drug-likeness (QED) is 0.670. The number of carbonyl (C=O) groups is 1. The summed E-state index contributed by atoms with van der Waals surface area (Å²) in [7, 11) is 0. The van der Waals surface area contributed by atoms with Crippen LogP contribution in [0.4, 0.5) is 17.3 Å². The third kappa shape index (κ3) is 4.44. The number of aromatic nitrogens is 2. The first-order valence-electron chi connectivity index (χ1n) is 6.98. The van der Waals surface area contributed by atoms with Crippen molar-refractivity contribution in [1.29, 1.82) is 0 Å². The van der Waals surface area contributed by atoms with Crippen LogP contribution >= 0.6 is 34.5 Å². The molecule has 2 heterocycles. The van der Waals surface area contributed by atoms with Crippen molar-refractivity contribution in [2.75, 3.05) is 10.6 Å². The predicted molar refractivity (Wildman–Crippen MR) is 98.4 cm³/mol. The SMILES string of the molecule is O=C(Cc1cccs1)Nc1ccc(Nc2cc(Cl)ccc2Cl)nn1. The van der Waals surface area contributed by atoms with E-state index in [1.54, 1.807) is 30.3 Å². The van der Waals surface area contributed by atoms with Crippen LogP contribution in [-0.2, 0) is 11.2 Å². The summed E-state index contributed by atoms with van der Waals surface area (Å²) in [6.07, 6.45) is 0.317. The van der Waals surface area contributed by atoms with E-state index in [1.165, 1.54) is 11.3 Å². The number of hydrogen-bond acceptors (Lipinski definition) is 5. The van der Waals surface area contributed by atoms with Gasteiger partial charge in [0.2, 0.25) is 5.91 Å². The van der Waals surface area contributed by atoms with E-state index in [0.717, 1.165) is 4.88 Å². The van der Waals surface area contributed by atoms with Gasteiger partial charge in [-0.05, 0) is 41.8 Å². The number of thiophene rings is 1. The van der Waals surface area contributed by atoms with Gasteiger partial charge in [-0.15, -0.1) is 21.5 Å². The molecule has 0 atom stereocenters. The van der Waals surface area contributed by atoms with Crippen molar-refractivity contribution in [2.24, 2.45) is 0 Å². The third-order valence-electron chi connectivity index (χ3n) is 3.04. The van der Waals surface area contributed by atoms with Crippen LogP contribution in [0, 0.1) is 0 Å². The fourth-order valence-electron chi connectivity index (χ4n) is 1.96. The van der Waals surface area contributed by atoms with Crippen molar-refractivity contribution in [2.45, 2.75) is 6.42 Å². The van der Waals surface area contributed by atoms with Gasteiger partial charge >= 0.3 is 0 Å². The maximum Gasteiger partial charge on any atom is 0.230 e. The number of rotatable bonds is 5. The lowest BCUT2D eigenvalue weighted by Gasteiger charge is -2.08. The highest BCUT2D eigenvalue weighted by Crippen LogP contribution is 2.27. The first-order chi connectivity index (χ1) is 11.6. The van der Waals surface area contributed by atoms with Gasteiger partial charge in [0.05, 0.1) is 17.1 Å². The molecule has 3 aromatic rings. The number of nitrogens with zero attached hydrogens (tertiary/aromatic N) is 2. The molecule has 1 aromatic carbocycles. The van der Waals surface area contributed by atoms with Gasteiger partial charge in [-0.3, -0.25) is 4.79 Å². The van der Waals surface area contributed by atoms with Crippen LogP contribution in [0.1, 0.15) is 4.88 Å². The van der Waals surface area contributed by atoms with Crippen LogP contribution in [0.5, 0.6) is 0 Å². The van der Waals surface area contributed by atoms with Crippen molar-refractivity contribution in [3.05, 3.63) is 62.8 Å². The lowest BCUT2D eigenvalue weighted by molar-refractivity contribution is -0.115. The van der Waals surface area contributed by atoms with Gasteiger partial charge < -0.3 is 10.6 Å². The molecule has 8 heteroatoms. The molecule has 122 valence electrons. The highest BCUT2D eigenvalue weighted by Gasteiger charge is 2.07. The fourth-order valence-corrected chi connectivity index (χ4v) is 3.00. The minimum atomic E-state index is -0.134. The Morgan fingerprint density at radius 3 is 2.58 bits per heavy atom. The number of anilines is 3. The lowest BCUT2D eigenvalue weighted by Crippen LogP contribution is -2.15. The third-order valence-corrected chi connectivity index (χ3v) is 4.48. The number of benzene rings is 1. The number of carbonyl (C=O) groups excluding carboxylic acids is 1. The number of hydrogen-bond donors (Lipinski definition) is 2. The van der Waals surface area contributed by atoms with Crippen molar-refractivity contribution in [3.63, 3.8) is 0 Å². The average Bonchev–Trinajstić information content (AvgIpc) is 3.05. The van der Waals surface area contributed by atoms with Crippen LogP contribution in [0.15, 0.2) is 47.8 Å². The lowest BCUT2D eigenvalue weighted by atomic mass is 10.3. The van der Waals surface area contributed by atoms with Crippen LogP contribution < -0.4 is 10.6 Å². The van der Waals surface area contributed by atoms with Crippen LogP contribution in [0.2, 0.25) is 10.0 Å². The molecule has 3 rings (SSSR count). The second-order valence-corrected chi connectivity index (χ2v) is 6.73. The predicted octanol–water partition coefficient (Wildman–Crippen LogP) is 4.77. The van der Waals surface area contributed by atoms with Crippen molar-refractivity contribution < 1.29 is 4.79 Å². The maximum atomic E-state index is 11.9. The zero-order chi connectivity index (χ0) is 16.9. The first-order valence-corrected chi connectivity index (χ1v) is 8.62. The van der Waals surface area contributed by atoms with Gasteiger partial charge in [-0.1, -0.05) is 29.3 Å². The summed E-state index contributed by atoms with van der Waals surface area (Å²) >= 11 is 13.6. The Labute approximate surface area is 152 Å². The van der Waals surface area contributed by atoms with Gasteiger partial charge in [0.15, 0.2) is 11.6 Å². The Hall–Kier alpha value is -2.15. The summed E-state index contributed by atoms with van der Waals surface area (Å²) in [5.74, 6) is 0.750. The van der Waals surface area contributed by atoms with Crippen molar-refractivity contribution in [3.8, 4) is 0 Å². The smallest absolute Gasteiger partial charge is 0.230 e. The van der Waals surface area contributed by atoms with E-state index in [-0.39, 0.29) is 5.91 Å². The molecule has 0 radical (unpaired) electrons. The van der Waals surface area contributed by atoms with E-state index < -0.39 is 0 Å². The van der Waals surface area contributed by atoms with E-state index in [4.69, 9.17) is 23.2 Å². The maximum absolute atomic E-state index is 11.9. The normalized spacial score (nSPS) is 10.4. The number of nitrogens with one attached hydrogen (secondary N) is 2. The summed E-state index contributed by atoms with van der Waals surface area (Å²) in [6, 6.07) is 12.3. The number of halogens is 2. The van der Waals surface area contributed by atoms with Gasteiger partial charge in [0.1, 0.15) is 0 Å². The first kappa shape index (κ1) is 16.7. The molecule has 0 fully saturated rings. The second-order valence-electron chi connectivity index (χ2n) is 4.86. The van der Waals surface area contributed by atoms with Gasteiger partial charge in [0.25, 0.3) is 0 Å². The molecule has 1 amide bonds. The molecule has 0 aliphatic carbocycles. The highest BCUT2D eigenvalue weighted by molar-refractivity contribution is 7.10. The minimum absolute atomic E-state index is 0.134. The molecule has 0 bridgehead atoms. The van der Waals surface area contributed by atoms with Crippen LogP contribution in [0.25, 0.3) is 0 Å². The summed E-state index contributed by atoms with van der Waals surface area (Å²) in [5, 5.41) is 16.8. The van der Waals surface area contributed by atoms with E-state index in [9.17, 15) is 4.79 Å². The Morgan fingerprint density at radius 2 is 1.88 bits per heavy atom. The van der Waals surface area contributed by atoms with Gasteiger partial charge in [-0.25, -0.2) is 0 Å². The van der Waals surface area contributed by atoms with Gasteiger partial charge in [0, 0.05) is 9.90 Å². The monoisotopic (exact) mass is 378 g/mol. The molecule has 5 nitrogen and oxygen atoms in total. The van der Waals surface area contributed by atoms with E-state index in [0.29, 0.717) is 33.8 Å². The fraction of sp³-hybridized carbons (Fsp3) is 0.0625. The molecule has 2 aromatic heterocycles. The molecule has 0 spiro atoms. The van der Waals surface area contributed by atoms with Gasteiger partial charge in [-0.2, -0.15) is 0 Å². The standard InChI is InChI=1S/C16H12Cl2N4OS/c17-10-3-4-12(18)13(8-10)19-14-5-6-15(22-21-14)20-16(23)9-11-2-1-7-24-11/h1-8H,9H2,(H,19,21)(H,20,22,23). The Kier molecular flexibility index (Phi) is 5.30. The molecule has 0 aliphatic rings. The summed E-state index contributed by atoms with van der Waals surface area (Å²) < 4.78 is 0. The van der Waals surface area contributed by atoms with E-state index in [1.807, 2.05) is 17.5 Å². The summed E-state index contributed by atoms with van der Waals surface area (Å²) in [4.78, 5) is 12.9.